The van der Waals surface area contributed by atoms with Crippen molar-refractivity contribution >= 4 is 17.1 Å². The Morgan fingerprint density at radius 1 is 1.79 bits per heavy atom. The van der Waals surface area contributed by atoms with Gasteiger partial charge in [0.25, 0.3) is 5.16 Å². The summed E-state index contributed by atoms with van der Waals surface area (Å²) in [5, 5.41) is -0.213. The zero-order valence-corrected chi connectivity index (χ0v) is 8.80. The van der Waals surface area contributed by atoms with Gasteiger partial charge in [-0.1, -0.05) is 0 Å². The highest BCUT2D eigenvalue weighted by molar-refractivity contribution is 7.99. The predicted octanol–water partition coefficient (Wildman–Crippen LogP) is 1.18. The van der Waals surface area contributed by atoms with Gasteiger partial charge in [-0.25, -0.2) is 4.79 Å². The van der Waals surface area contributed by atoms with Crippen LogP contribution in [0, 0.1) is 0 Å². The van der Waals surface area contributed by atoms with E-state index in [9.17, 15) is 9.18 Å². The van der Waals surface area contributed by atoms with E-state index in [2.05, 4.69) is 9.47 Å². The Balaban J connectivity index is 2.21. The maximum atomic E-state index is 12.9. The monoisotopic (exact) mass is 223 g/mol. The molecule has 1 aliphatic rings. The lowest BCUT2D eigenvalue weighted by Gasteiger charge is -2.04. The maximum Gasteiger partial charge on any atom is 0.510 e. The summed E-state index contributed by atoms with van der Waals surface area (Å²) in [7, 11) is -0.395. The number of hydrogen-bond donors (Lipinski definition) is 0. The lowest BCUT2D eigenvalue weighted by molar-refractivity contribution is -0.0663. The van der Waals surface area contributed by atoms with Crippen LogP contribution in [0.1, 0.15) is 0 Å². The van der Waals surface area contributed by atoms with Crippen molar-refractivity contribution in [2.24, 2.45) is 0 Å². The number of halogens is 1. The molecule has 0 aromatic carbocycles. The normalized spacial score (nSPS) is 22.4. The van der Waals surface area contributed by atoms with Crippen molar-refractivity contribution in [2.75, 3.05) is 25.7 Å². The first-order valence-electron chi connectivity index (χ1n) is 3.98. The summed E-state index contributed by atoms with van der Waals surface area (Å²) in [6.45, 7) is 0.149. The number of rotatable bonds is 4. The second-order valence-electron chi connectivity index (χ2n) is 2.77. The topological polar surface area (TPSA) is 44.8 Å². The van der Waals surface area contributed by atoms with Crippen LogP contribution < -0.4 is 0 Å². The maximum absolute atomic E-state index is 12.9. The molecule has 0 aromatic heterocycles. The summed E-state index contributed by atoms with van der Waals surface area (Å²) in [6.07, 6.45) is 3.41. The molecule has 0 spiro atoms. The van der Waals surface area contributed by atoms with Crippen molar-refractivity contribution in [1.82, 2.24) is 0 Å². The Hall–Kier alpha value is -0.750. The highest BCUT2D eigenvalue weighted by Crippen LogP contribution is 2.09. The molecule has 0 aliphatic carbocycles. The molecule has 1 fully saturated rings. The smallest absolute Gasteiger partial charge is 0.428 e. The molecule has 0 bridgehead atoms. The third kappa shape index (κ3) is 3.55. The quantitative estimate of drug-likeness (QED) is 0.530. The lowest BCUT2D eigenvalue weighted by Crippen LogP contribution is -2.15. The summed E-state index contributed by atoms with van der Waals surface area (Å²) in [5.74, 6) is 0. The van der Waals surface area contributed by atoms with E-state index < -0.39 is 23.3 Å². The summed E-state index contributed by atoms with van der Waals surface area (Å²) in [5.41, 5.74) is 0. The molecule has 1 saturated heterocycles. The molecule has 1 heterocycles. The molecule has 0 amide bonds. The SMILES string of the molecule is C[S+](C)/C(F)=C/COC1COC(=O)O1. The van der Waals surface area contributed by atoms with Gasteiger partial charge in [0.05, 0.1) is 6.61 Å². The fourth-order valence-corrected chi connectivity index (χ4v) is 1.18. The van der Waals surface area contributed by atoms with E-state index in [0.717, 1.165) is 0 Å². The van der Waals surface area contributed by atoms with Gasteiger partial charge in [-0.3, -0.25) is 0 Å². The summed E-state index contributed by atoms with van der Waals surface area (Å²) >= 11 is 0. The van der Waals surface area contributed by atoms with Crippen LogP contribution in [-0.4, -0.2) is 38.2 Å². The molecule has 80 valence electrons. The Morgan fingerprint density at radius 2 is 2.50 bits per heavy atom. The Labute approximate surface area is 84.4 Å². The zero-order valence-electron chi connectivity index (χ0n) is 7.99. The van der Waals surface area contributed by atoms with E-state index in [-0.39, 0.29) is 18.4 Å². The van der Waals surface area contributed by atoms with Crippen LogP contribution in [0.15, 0.2) is 11.2 Å². The van der Waals surface area contributed by atoms with E-state index in [1.165, 1.54) is 6.08 Å². The Bertz CT molecular complexity index is 241. The van der Waals surface area contributed by atoms with Crippen LogP contribution in [0.5, 0.6) is 0 Å². The number of carbonyl (C=O) groups is 1. The van der Waals surface area contributed by atoms with E-state index >= 15 is 0 Å². The average Bonchev–Trinajstić information content (AvgIpc) is 2.51. The minimum atomic E-state index is -0.745. The third-order valence-corrected chi connectivity index (χ3v) is 2.43. The molecule has 4 nitrogen and oxygen atoms in total. The van der Waals surface area contributed by atoms with Gasteiger partial charge >= 0.3 is 6.16 Å². The Morgan fingerprint density at radius 3 is 3.00 bits per heavy atom. The van der Waals surface area contributed by atoms with Crippen LogP contribution in [0.25, 0.3) is 0 Å². The standard InChI is InChI=1S/C8H12FO4S/c1-14(2)6(9)3-4-11-7-5-12-8(10)13-7/h3,7H,4-5H2,1-2H3/q+1/b6-3+. The van der Waals surface area contributed by atoms with Crippen molar-refractivity contribution in [1.29, 1.82) is 0 Å². The van der Waals surface area contributed by atoms with Gasteiger partial charge in [-0.2, -0.15) is 4.39 Å². The van der Waals surface area contributed by atoms with Gasteiger partial charge < -0.3 is 14.2 Å². The molecule has 14 heavy (non-hydrogen) atoms. The van der Waals surface area contributed by atoms with E-state index in [4.69, 9.17) is 4.74 Å². The molecule has 0 N–H and O–H groups in total. The van der Waals surface area contributed by atoms with Gasteiger partial charge in [-0.15, -0.1) is 0 Å². The third-order valence-electron chi connectivity index (χ3n) is 1.48. The van der Waals surface area contributed by atoms with Gasteiger partial charge in [0.15, 0.2) is 6.61 Å². The van der Waals surface area contributed by atoms with Crippen LogP contribution in [0.4, 0.5) is 9.18 Å². The molecular weight excluding hydrogens is 211 g/mol. The molecule has 0 radical (unpaired) electrons. The molecule has 1 atom stereocenters. The minimum absolute atomic E-state index is 0.0677. The van der Waals surface area contributed by atoms with Crippen LogP contribution in [-0.2, 0) is 25.1 Å². The van der Waals surface area contributed by atoms with E-state index in [1.54, 1.807) is 12.5 Å². The molecule has 0 aromatic rings. The number of hydrogen-bond acceptors (Lipinski definition) is 4. The summed E-state index contributed by atoms with van der Waals surface area (Å²) < 4.78 is 27.0. The first kappa shape index (κ1) is 11.3. The highest BCUT2D eigenvalue weighted by Gasteiger charge is 2.25. The fraction of sp³-hybridized carbons (Fsp3) is 0.625. The molecule has 1 rings (SSSR count). The van der Waals surface area contributed by atoms with Crippen LogP contribution >= 0.6 is 0 Å². The average molecular weight is 223 g/mol. The van der Waals surface area contributed by atoms with Gasteiger partial charge in [0, 0.05) is 17.0 Å². The lowest BCUT2D eigenvalue weighted by atomic mass is 10.6. The van der Waals surface area contributed by atoms with Crippen LogP contribution in [0.2, 0.25) is 0 Å². The summed E-state index contributed by atoms with van der Waals surface area (Å²) in [6, 6.07) is 0. The van der Waals surface area contributed by atoms with Gasteiger partial charge in [0.2, 0.25) is 6.29 Å². The van der Waals surface area contributed by atoms with Crippen molar-refractivity contribution in [3.8, 4) is 0 Å². The second-order valence-corrected chi connectivity index (χ2v) is 4.79. The molecule has 1 aliphatic heterocycles. The van der Waals surface area contributed by atoms with E-state index in [1.807, 2.05) is 0 Å². The fourth-order valence-electron chi connectivity index (χ4n) is 0.781. The van der Waals surface area contributed by atoms with Gasteiger partial charge in [-0.05, 0) is 0 Å². The molecular formula is C8H12FO4S+. The Kier molecular flexibility index (Phi) is 4.21. The zero-order chi connectivity index (χ0) is 10.6. The molecule has 0 saturated carbocycles. The van der Waals surface area contributed by atoms with Crippen molar-refractivity contribution < 1.29 is 23.4 Å². The largest absolute Gasteiger partial charge is 0.510 e. The first-order valence-corrected chi connectivity index (χ1v) is 6.02. The number of ether oxygens (including phenoxy) is 3. The minimum Gasteiger partial charge on any atom is -0.428 e. The van der Waals surface area contributed by atoms with Crippen molar-refractivity contribution in [2.45, 2.75) is 6.29 Å². The number of cyclic esters (lactones) is 2. The molecule has 1 unspecified atom stereocenters. The van der Waals surface area contributed by atoms with Crippen molar-refractivity contribution in [3.63, 3.8) is 0 Å². The number of carbonyl (C=O) groups excluding carboxylic acids is 1. The highest BCUT2D eigenvalue weighted by atomic mass is 32.2. The van der Waals surface area contributed by atoms with Gasteiger partial charge in [0.1, 0.15) is 12.5 Å². The summed E-state index contributed by atoms with van der Waals surface area (Å²) in [4.78, 5) is 10.4. The second kappa shape index (κ2) is 5.21. The first-order chi connectivity index (χ1) is 6.59. The van der Waals surface area contributed by atoms with Crippen LogP contribution in [0.3, 0.4) is 0 Å². The molecule has 6 heteroatoms. The van der Waals surface area contributed by atoms with Crippen molar-refractivity contribution in [3.05, 3.63) is 11.2 Å². The predicted molar refractivity (Wildman–Crippen MR) is 50.6 cm³/mol. The van der Waals surface area contributed by atoms with E-state index in [0.29, 0.717) is 0 Å².